The summed E-state index contributed by atoms with van der Waals surface area (Å²) in [6, 6.07) is 0. The van der Waals surface area contributed by atoms with Crippen molar-refractivity contribution in [3.05, 3.63) is 0 Å². The average molecular weight is 157 g/mol. The lowest BCUT2D eigenvalue weighted by Crippen LogP contribution is -2.47. The molecule has 2 nitrogen and oxygen atoms in total. The van der Waals surface area contributed by atoms with Crippen LogP contribution in [0.5, 0.6) is 0 Å². The minimum Gasteiger partial charge on any atom is -0.381 e. The minimum absolute atomic E-state index is 0.147. The summed E-state index contributed by atoms with van der Waals surface area (Å²) in [6.07, 6.45) is 5.86. The maximum absolute atomic E-state index is 6.01. The van der Waals surface area contributed by atoms with Crippen LogP contribution in [0.25, 0.3) is 0 Å². The molecule has 1 aliphatic carbocycles. The van der Waals surface area contributed by atoms with E-state index in [-0.39, 0.29) is 5.54 Å². The van der Waals surface area contributed by atoms with E-state index in [1.54, 1.807) is 0 Å². The number of hydrogen-bond donors (Lipinski definition) is 1. The second kappa shape index (κ2) is 4.07. The van der Waals surface area contributed by atoms with Crippen molar-refractivity contribution in [2.24, 2.45) is 5.73 Å². The zero-order valence-corrected chi connectivity index (χ0v) is 7.44. The van der Waals surface area contributed by atoms with Crippen LogP contribution in [0.3, 0.4) is 0 Å². The van der Waals surface area contributed by atoms with E-state index in [4.69, 9.17) is 10.5 Å². The van der Waals surface area contributed by atoms with Gasteiger partial charge in [0.1, 0.15) is 0 Å². The summed E-state index contributed by atoms with van der Waals surface area (Å²) in [7, 11) is 0. The monoisotopic (exact) mass is 157 g/mol. The predicted octanol–water partition coefficient (Wildman–Crippen LogP) is 1.68. The molecule has 11 heavy (non-hydrogen) atoms. The summed E-state index contributed by atoms with van der Waals surface area (Å²) >= 11 is 0. The number of rotatable bonds is 5. The minimum atomic E-state index is 0.147. The number of nitrogens with two attached hydrogens (primary N) is 1. The van der Waals surface area contributed by atoms with Crippen LogP contribution in [0.15, 0.2) is 0 Å². The molecule has 0 aromatic heterocycles. The van der Waals surface area contributed by atoms with Crippen LogP contribution < -0.4 is 5.73 Å². The zero-order valence-electron chi connectivity index (χ0n) is 7.44. The van der Waals surface area contributed by atoms with Gasteiger partial charge in [-0.1, -0.05) is 6.92 Å². The molecule has 0 aliphatic heterocycles. The van der Waals surface area contributed by atoms with Gasteiger partial charge in [-0.2, -0.15) is 0 Å². The molecule has 0 atom stereocenters. The fourth-order valence-corrected chi connectivity index (χ4v) is 1.40. The fourth-order valence-electron chi connectivity index (χ4n) is 1.40. The lowest BCUT2D eigenvalue weighted by molar-refractivity contribution is 0.0949. The molecule has 0 amide bonds. The highest BCUT2D eigenvalue weighted by molar-refractivity contribution is 4.91. The SMILES string of the molecule is CCCOCCC1(N)CCC1. The highest BCUT2D eigenvalue weighted by Crippen LogP contribution is 2.31. The second-order valence-corrected chi connectivity index (χ2v) is 3.58. The van der Waals surface area contributed by atoms with Gasteiger partial charge in [0.25, 0.3) is 0 Å². The molecule has 66 valence electrons. The Morgan fingerprint density at radius 3 is 2.55 bits per heavy atom. The third-order valence-corrected chi connectivity index (χ3v) is 2.44. The van der Waals surface area contributed by atoms with E-state index in [2.05, 4.69) is 6.92 Å². The van der Waals surface area contributed by atoms with Gasteiger partial charge in [-0.25, -0.2) is 0 Å². The van der Waals surface area contributed by atoms with Crippen LogP contribution >= 0.6 is 0 Å². The highest BCUT2D eigenvalue weighted by Gasteiger charge is 2.31. The zero-order chi connectivity index (χ0) is 8.16. The van der Waals surface area contributed by atoms with Crippen molar-refractivity contribution in [2.75, 3.05) is 13.2 Å². The Labute approximate surface area is 69.1 Å². The van der Waals surface area contributed by atoms with E-state index in [0.29, 0.717) is 0 Å². The molecule has 0 bridgehead atoms. The molecule has 0 spiro atoms. The molecular weight excluding hydrogens is 138 g/mol. The largest absolute Gasteiger partial charge is 0.381 e. The molecule has 1 saturated carbocycles. The summed E-state index contributed by atoms with van der Waals surface area (Å²) in [5, 5.41) is 0. The van der Waals surface area contributed by atoms with Crippen molar-refractivity contribution in [3.63, 3.8) is 0 Å². The van der Waals surface area contributed by atoms with Crippen molar-refractivity contribution < 1.29 is 4.74 Å². The second-order valence-electron chi connectivity index (χ2n) is 3.58. The molecule has 0 saturated heterocycles. The molecule has 2 N–H and O–H groups in total. The first-order valence-electron chi connectivity index (χ1n) is 4.63. The Morgan fingerprint density at radius 2 is 2.09 bits per heavy atom. The summed E-state index contributed by atoms with van der Waals surface area (Å²) in [4.78, 5) is 0. The van der Waals surface area contributed by atoms with Crippen LogP contribution in [-0.2, 0) is 4.74 Å². The molecule has 2 heteroatoms. The lowest BCUT2D eigenvalue weighted by atomic mass is 9.76. The van der Waals surface area contributed by atoms with Gasteiger partial charge in [0.15, 0.2) is 0 Å². The summed E-state index contributed by atoms with van der Waals surface area (Å²) in [5.74, 6) is 0. The van der Waals surface area contributed by atoms with Gasteiger partial charge < -0.3 is 10.5 Å². The quantitative estimate of drug-likeness (QED) is 0.616. The Bertz CT molecular complexity index is 110. The summed E-state index contributed by atoms with van der Waals surface area (Å²) < 4.78 is 5.37. The van der Waals surface area contributed by atoms with Crippen LogP contribution in [0, 0.1) is 0 Å². The van der Waals surface area contributed by atoms with Crippen LogP contribution in [0.1, 0.15) is 39.0 Å². The molecular formula is C9H19NO. The average Bonchev–Trinajstić information content (AvgIpc) is 1.95. The van der Waals surface area contributed by atoms with Crippen molar-refractivity contribution in [1.29, 1.82) is 0 Å². The Hall–Kier alpha value is -0.0800. The van der Waals surface area contributed by atoms with Crippen molar-refractivity contribution in [3.8, 4) is 0 Å². The van der Waals surface area contributed by atoms with E-state index in [0.717, 1.165) is 26.1 Å². The molecule has 1 rings (SSSR count). The van der Waals surface area contributed by atoms with Gasteiger partial charge in [-0.15, -0.1) is 0 Å². The molecule has 0 heterocycles. The molecule has 0 aromatic rings. The molecule has 1 aliphatic rings. The van der Waals surface area contributed by atoms with E-state index in [1.807, 2.05) is 0 Å². The van der Waals surface area contributed by atoms with E-state index < -0.39 is 0 Å². The maximum Gasteiger partial charge on any atom is 0.0483 e. The normalized spacial score (nSPS) is 21.3. The third kappa shape index (κ3) is 2.80. The predicted molar refractivity (Wildman–Crippen MR) is 46.5 cm³/mol. The first-order chi connectivity index (χ1) is 5.27. The van der Waals surface area contributed by atoms with E-state index in [9.17, 15) is 0 Å². The van der Waals surface area contributed by atoms with Crippen LogP contribution in [0.2, 0.25) is 0 Å². The van der Waals surface area contributed by atoms with Crippen LogP contribution in [-0.4, -0.2) is 18.8 Å². The topological polar surface area (TPSA) is 35.2 Å². The van der Waals surface area contributed by atoms with E-state index >= 15 is 0 Å². The van der Waals surface area contributed by atoms with Gasteiger partial charge in [-0.3, -0.25) is 0 Å². The highest BCUT2D eigenvalue weighted by atomic mass is 16.5. The van der Waals surface area contributed by atoms with Crippen molar-refractivity contribution in [1.82, 2.24) is 0 Å². The Balaban J connectivity index is 1.94. The van der Waals surface area contributed by atoms with Gasteiger partial charge in [0.2, 0.25) is 0 Å². The maximum atomic E-state index is 6.01. The third-order valence-electron chi connectivity index (χ3n) is 2.44. The summed E-state index contributed by atoms with van der Waals surface area (Å²) in [5.41, 5.74) is 6.15. The van der Waals surface area contributed by atoms with Crippen LogP contribution in [0.4, 0.5) is 0 Å². The molecule has 0 aromatic carbocycles. The smallest absolute Gasteiger partial charge is 0.0483 e. The van der Waals surface area contributed by atoms with Crippen molar-refractivity contribution >= 4 is 0 Å². The Morgan fingerprint density at radius 1 is 1.36 bits per heavy atom. The molecule has 1 fully saturated rings. The lowest BCUT2D eigenvalue weighted by Gasteiger charge is -2.38. The summed E-state index contributed by atoms with van der Waals surface area (Å²) in [6.45, 7) is 3.86. The first kappa shape index (κ1) is 9.01. The number of ether oxygens (including phenoxy) is 1. The molecule has 0 unspecified atom stereocenters. The first-order valence-corrected chi connectivity index (χ1v) is 4.63. The Kier molecular flexibility index (Phi) is 3.34. The van der Waals surface area contributed by atoms with Gasteiger partial charge in [0.05, 0.1) is 0 Å². The van der Waals surface area contributed by atoms with Gasteiger partial charge >= 0.3 is 0 Å². The number of hydrogen-bond acceptors (Lipinski definition) is 2. The standard InChI is InChI=1S/C9H19NO/c1-2-7-11-8-6-9(10)4-3-5-9/h2-8,10H2,1H3. The fraction of sp³-hybridized carbons (Fsp3) is 1.00. The van der Waals surface area contributed by atoms with E-state index in [1.165, 1.54) is 19.3 Å². The van der Waals surface area contributed by atoms with Gasteiger partial charge in [0, 0.05) is 18.8 Å². The van der Waals surface area contributed by atoms with Gasteiger partial charge in [-0.05, 0) is 32.1 Å². The van der Waals surface area contributed by atoms with Crippen molar-refractivity contribution in [2.45, 2.75) is 44.6 Å². The molecule has 0 radical (unpaired) electrons.